The van der Waals surface area contributed by atoms with Gasteiger partial charge in [0.15, 0.2) is 11.5 Å². The average molecular weight is 389 g/mol. The minimum absolute atomic E-state index is 0.00687. The Morgan fingerprint density at radius 2 is 1.74 bits per heavy atom. The summed E-state index contributed by atoms with van der Waals surface area (Å²) in [5.74, 6) is 1.43. The summed E-state index contributed by atoms with van der Waals surface area (Å²) in [4.78, 5) is 12.1. The first-order chi connectivity index (χ1) is 13.1. The molecule has 0 aliphatic heterocycles. The summed E-state index contributed by atoms with van der Waals surface area (Å²) in [5, 5.41) is 6.63. The molecule has 0 aromatic heterocycles. The van der Waals surface area contributed by atoms with Gasteiger partial charge >= 0.3 is 6.03 Å². The molecule has 6 heteroatoms. The molecule has 144 valence electrons. The molecule has 0 heterocycles. The molecule has 0 radical (unpaired) electrons. The molecule has 3 rings (SSSR count). The third-order valence-electron chi connectivity index (χ3n) is 5.05. The summed E-state index contributed by atoms with van der Waals surface area (Å²) < 4.78 is 10.7. The van der Waals surface area contributed by atoms with E-state index in [-0.39, 0.29) is 11.4 Å². The van der Waals surface area contributed by atoms with Crippen LogP contribution in [0.5, 0.6) is 11.5 Å². The predicted octanol–water partition coefficient (Wildman–Crippen LogP) is 3.93. The molecule has 1 aliphatic carbocycles. The highest BCUT2D eigenvalue weighted by molar-refractivity contribution is 6.30. The van der Waals surface area contributed by atoms with Crippen LogP contribution in [-0.4, -0.2) is 33.3 Å². The second-order valence-corrected chi connectivity index (χ2v) is 7.27. The van der Waals surface area contributed by atoms with Crippen LogP contribution in [-0.2, 0) is 11.8 Å². The number of nitrogens with one attached hydrogen (secondary N) is 2. The number of carbonyl (C=O) groups excluding carboxylic acids is 1. The van der Waals surface area contributed by atoms with Crippen molar-refractivity contribution in [1.82, 2.24) is 10.6 Å². The summed E-state index contributed by atoms with van der Waals surface area (Å²) >= 11 is 5.88. The first kappa shape index (κ1) is 19.4. The fourth-order valence-electron chi connectivity index (χ4n) is 3.17. The van der Waals surface area contributed by atoms with Crippen LogP contribution in [0.4, 0.5) is 4.79 Å². The maximum absolute atomic E-state index is 12.1. The first-order valence-electron chi connectivity index (χ1n) is 9.05. The van der Waals surface area contributed by atoms with E-state index < -0.39 is 0 Å². The van der Waals surface area contributed by atoms with Crippen LogP contribution in [0.3, 0.4) is 0 Å². The van der Waals surface area contributed by atoms with E-state index in [4.69, 9.17) is 21.1 Å². The van der Waals surface area contributed by atoms with Gasteiger partial charge in [0.05, 0.1) is 14.2 Å². The largest absolute Gasteiger partial charge is 0.493 e. The standard InChI is InChI=1S/C21H25ClN2O3/c1-26-18-8-5-16(13-19(18)27-2)21(10-11-21)14-24-20(25)23-12-9-15-3-6-17(22)7-4-15/h3-8,13H,9-12,14H2,1-2H3,(H2,23,24,25). The topological polar surface area (TPSA) is 59.6 Å². The lowest BCUT2D eigenvalue weighted by atomic mass is 9.95. The lowest BCUT2D eigenvalue weighted by Crippen LogP contribution is -2.40. The van der Waals surface area contributed by atoms with Gasteiger partial charge in [-0.15, -0.1) is 0 Å². The number of benzene rings is 2. The molecule has 27 heavy (non-hydrogen) atoms. The van der Waals surface area contributed by atoms with E-state index in [0.717, 1.165) is 24.8 Å². The van der Waals surface area contributed by atoms with Crippen LogP contribution in [0, 0.1) is 0 Å². The molecule has 1 saturated carbocycles. The van der Waals surface area contributed by atoms with E-state index in [1.54, 1.807) is 14.2 Å². The zero-order valence-corrected chi connectivity index (χ0v) is 16.4. The number of carbonyl (C=O) groups is 1. The van der Waals surface area contributed by atoms with Crippen LogP contribution in [0.15, 0.2) is 42.5 Å². The molecule has 0 atom stereocenters. The predicted molar refractivity (Wildman–Crippen MR) is 107 cm³/mol. The SMILES string of the molecule is COc1ccc(C2(CNC(=O)NCCc3ccc(Cl)cc3)CC2)cc1OC. The van der Waals surface area contributed by atoms with E-state index in [1.165, 1.54) is 5.56 Å². The van der Waals surface area contributed by atoms with Crippen molar-refractivity contribution in [3.63, 3.8) is 0 Å². The second-order valence-electron chi connectivity index (χ2n) is 6.84. The Bertz CT molecular complexity index is 789. The van der Waals surface area contributed by atoms with Crippen molar-refractivity contribution in [3.8, 4) is 11.5 Å². The van der Waals surface area contributed by atoms with Crippen molar-refractivity contribution in [1.29, 1.82) is 0 Å². The van der Waals surface area contributed by atoms with Crippen molar-refractivity contribution in [2.75, 3.05) is 27.3 Å². The molecule has 0 spiro atoms. The number of amides is 2. The van der Waals surface area contributed by atoms with Crippen LogP contribution < -0.4 is 20.1 Å². The maximum atomic E-state index is 12.1. The van der Waals surface area contributed by atoms with Gasteiger partial charge in [-0.25, -0.2) is 4.79 Å². The van der Waals surface area contributed by atoms with E-state index in [1.807, 2.05) is 36.4 Å². The van der Waals surface area contributed by atoms with Gasteiger partial charge in [-0.1, -0.05) is 29.8 Å². The molecule has 1 aliphatic rings. The quantitative estimate of drug-likeness (QED) is 0.720. The number of hydrogen-bond donors (Lipinski definition) is 2. The molecule has 2 aromatic rings. The highest BCUT2D eigenvalue weighted by Crippen LogP contribution is 2.49. The van der Waals surface area contributed by atoms with Gasteiger partial charge in [-0.05, 0) is 54.7 Å². The highest BCUT2D eigenvalue weighted by atomic mass is 35.5. The smallest absolute Gasteiger partial charge is 0.314 e. The summed E-state index contributed by atoms with van der Waals surface area (Å²) in [6, 6.07) is 13.5. The number of urea groups is 1. The number of rotatable bonds is 8. The molecular formula is C21H25ClN2O3. The number of ether oxygens (including phenoxy) is 2. The number of halogens is 1. The van der Waals surface area contributed by atoms with Gasteiger partial charge < -0.3 is 20.1 Å². The Labute approximate surface area is 165 Å². The first-order valence-corrected chi connectivity index (χ1v) is 9.43. The normalized spacial score (nSPS) is 14.3. The third kappa shape index (κ3) is 4.86. The van der Waals surface area contributed by atoms with Crippen molar-refractivity contribution >= 4 is 17.6 Å². The third-order valence-corrected chi connectivity index (χ3v) is 5.30. The Morgan fingerprint density at radius 1 is 1.04 bits per heavy atom. The van der Waals surface area contributed by atoms with Crippen LogP contribution in [0.25, 0.3) is 0 Å². The van der Waals surface area contributed by atoms with Gasteiger partial charge in [-0.2, -0.15) is 0 Å². The Kier molecular flexibility index (Phi) is 6.11. The van der Waals surface area contributed by atoms with Crippen molar-refractivity contribution < 1.29 is 14.3 Å². The van der Waals surface area contributed by atoms with E-state index in [2.05, 4.69) is 16.7 Å². The van der Waals surface area contributed by atoms with Gasteiger partial charge in [0.1, 0.15) is 0 Å². The molecule has 5 nitrogen and oxygen atoms in total. The minimum Gasteiger partial charge on any atom is -0.493 e. The second kappa shape index (κ2) is 8.53. The molecule has 2 N–H and O–H groups in total. The van der Waals surface area contributed by atoms with Crippen LogP contribution in [0.1, 0.15) is 24.0 Å². The van der Waals surface area contributed by atoms with E-state index >= 15 is 0 Å². The molecule has 1 fully saturated rings. The number of hydrogen-bond acceptors (Lipinski definition) is 3. The van der Waals surface area contributed by atoms with Gasteiger partial charge in [0.2, 0.25) is 0 Å². The summed E-state index contributed by atoms with van der Waals surface area (Å²) in [6.45, 7) is 1.19. The summed E-state index contributed by atoms with van der Waals surface area (Å²) in [7, 11) is 3.26. The highest BCUT2D eigenvalue weighted by Gasteiger charge is 2.44. The van der Waals surface area contributed by atoms with Gasteiger partial charge in [-0.3, -0.25) is 0 Å². The van der Waals surface area contributed by atoms with Gasteiger partial charge in [0.25, 0.3) is 0 Å². The van der Waals surface area contributed by atoms with Crippen molar-refractivity contribution in [3.05, 3.63) is 58.6 Å². The molecule has 0 unspecified atom stereocenters. The molecule has 0 saturated heterocycles. The summed E-state index contributed by atoms with van der Waals surface area (Å²) in [5.41, 5.74) is 2.30. The lowest BCUT2D eigenvalue weighted by molar-refractivity contribution is 0.240. The average Bonchev–Trinajstić information content (AvgIpc) is 3.48. The summed E-state index contributed by atoms with van der Waals surface area (Å²) in [6.07, 6.45) is 2.87. The fraction of sp³-hybridized carbons (Fsp3) is 0.381. The zero-order chi connectivity index (χ0) is 19.3. The Balaban J connectivity index is 1.49. The number of methoxy groups -OCH3 is 2. The van der Waals surface area contributed by atoms with Crippen molar-refractivity contribution in [2.45, 2.75) is 24.7 Å². The maximum Gasteiger partial charge on any atom is 0.314 e. The molecular weight excluding hydrogens is 364 g/mol. The van der Waals surface area contributed by atoms with E-state index in [0.29, 0.717) is 29.6 Å². The van der Waals surface area contributed by atoms with Crippen molar-refractivity contribution in [2.24, 2.45) is 0 Å². The Hall–Kier alpha value is -2.40. The van der Waals surface area contributed by atoms with Crippen LogP contribution in [0.2, 0.25) is 5.02 Å². The fourth-order valence-corrected chi connectivity index (χ4v) is 3.29. The molecule has 2 amide bonds. The minimum atomic E-state index is -0.143. The molecule has 2 aromatic carbocycles. The Morgan fingerprint density at radius 3 is 2.37 bits per heavy atom. The lowest BCUT2D eigenvalue weighted by Gasteiger charge is -2.19. The van der Waals surface area contributed by atoms with Gasteiger partial charge in [0, 0.05) is 23.5 Å². The monoisotopic (exact) mass is 388 g/mol. The van der Waals surface area contributed by atoms with E-state index in [9.17, 15) is 4.79 Å². The van der Waals surface area contributed by atoms with Crippen LogP contribution >= 0.6 is 11.6 Å². The zero-order valence-electron chi connectivity index (χ0n) is 15.7. The molecule has 0 bridgehead atoms.